The molecule has 0 saturated carbocycles. The van der Waals surface area contributed by atoms with E-state index in [1.165, 1.54) is 64.2 Å². The normalized spacial score (nSPS) is 18.7. The van der Waals surface area contributed by atoms with Crippen molar-refractivity contribution in [2.45, 2.75) is 175 Å². The summed E-state index contributed by atoms with van der Waals surface area (Å²) in [5.74, 6) is -1.54. The first-order valence-corrected chi connectivity index (χ1v) is 17.9. The number of carbonyl (C=O) groups excluding carboxylic acids is 3. The summed E-state index contributed by atoms with van der Waals surface area (Å²) in [6.45, 7) is 14.3. The number of nitrogens with one attached hydrogen (secondary N) is 3. The van der Waals surface area contributed by atoms with Crippen LogP contribution in [0.4, 0.5) is 4.79 Å². The van der Waals surface area contributed by atoms with Crippen molar-refractivity contribution < 1.29 is 28.6 Å². The van der Waals surface area contributed by atoms with Crippen LogP contribution in [0.5, 0.6) is 0 Å². The molecule has 3 N–H and O–H groups in total. The van der Waals surface area contributed by atoms with Gasteiger partial charge in [0.15, 0.2) is 5.79 Å². The van der Waals surface area contributed by atoms with Crippen molar-refractivity contribution in [1.82, 2.24) is 16.0 Å². The van der Waals surface area contributed by atoms with Gasteiger partial charge >= 0.3 is 12.0 Å². The first-order chi connectivity index (χ1) is 21.4. The predicted octanol–water partition coefficient (Wildman–Crippen LogP) is 7.72. The molecule has 1 aliphatic rings. The van der Waals surface area contributed by atoms with Crippen molar-refractivity contribution in [3.8, 4) is 0 Å². The first-order valence-electron chi connectivity index (χ1n) is 17.9. The van der Waals surface area contributed by atoms with Gasteiger partial charge < -0.3 is 30.2 Å². The molecule has 1 rings (SSSR count). The first kappa shape index (κ1) is 40.9. The van der Waals surface area contributed by atoms with Crippen LogP contribution >= 0.6 is 0 Å². The Kier molecular flexibility index (Phi) is 21.1. The van der Waals surface area contributed by atoms with Crippen LogP contribution in [0.3, 0.4) is 0 Å². The third-order valence-corrected chi connectivity index (χ3v) is 8.21. The van der Waals surface area contributed by atoms with E-state index in [-0.39, 0.29) is 43.6 Å². The minimum Gasteiger partial charge on any atom is -0.463 e. The maximum Gasteiger partial charge on any atom is 0.315 e. The Morgan fingerprint density at radius 3 is 2.11 bits per heavy atom. The summed E-state index contributed by atoms with van der Waals surface area (Å²) < 4.78 is 16.9. The smallest absolute Gasteiger partial charge is 0.315 e. The predicted molar refractivity (Wildman–Crippen MR) is 182 cm³/mol. The van der Waals surface area contributed by atoms with Crippen molar-refractivity contribution in [2.75, 3.05) is 19.8 Å². The van der Waals surface area contributed by atoms with E-state index in [0.717, 1.165) is 25.7 Å². The number of carbonyl (C=O) groups is 3. The highest BCUT2D eigenvalue weighted by Gasteiger charge is 2.45. The number of hydrogen-bond donors (Lipinski definition) is 3. The molecule has 0 spiro atoms. The molecular weight excluding hydrogens is 570 g/mol. The SMILES string of the molecule is CCCCCCCCC=CCCCCCCC(C)NC(=O)NC(CCC)COC(=O)CCNC(=O)C1OC(C)(C)OCC1(C)C. The average molecular weight is 638 g/mol. The Bertz CT molecular complexity index is 860. The summed E-state index contributed by atoms with van der Waals surface area (Å²) >= 11 is 0. The third kappa shape index (κ3) is 19.9. The zero-order chi connectivity index (χ0) is 33.6. The van der Waals surface area contributed by atoms with E-state index >= 15 is 0 Å². The van der Waals surface area contributed by atoms with E-state index in [9.17, 15) is 14.4 Å². The fraction of sp³-hybridized carbons (Fsp3) is 0.861. The molecule has 0 radical (unpaired) electrons. The summed E-state index contributed by atoms with van der Waals surface area (Å²) in [5, 5.41) is 8.77. The van der Waals surface area contributed by atoms with Crippen LogP contribution < -0.4 is 16.0 Å². The molecule has 0 aromatic carbocycles. The molecule has 1 heterocycles. The molecule has 3 unspecified atom stereocenters. The molecule has 1 aliphatic heterocycles. The van der Waals surface area contributed by atoms with Gasteiger partial charge in [-0.05, 0) is 59.3 Å². The number of hydrogen-bond acceptors (Lipinski definition) is 6. The van der Waals surface area contributed by atoms with Crippen LogP contribution in [0.2, 0.25) is 0 Å². The van der Waals surface area contributed by atoms with Crippen LogP contribution in [-0.2, 0) is 23.8 Å². The summed E-state index contributed by atoms with van der Waals surface area (Å²) in [7, 11) is 0. The number of rotatable bonds is 24. The number of ether oxygens (including phenoxy) is 3. The molecule has 3 amide bonds. The van der Waals surface area contributed by atoms with Crippen molar-refractivity contribution in [2.24, 2.45) is 5.41 Å². The fourth-order valence-electron chi connectivity index (χ4n) is 5.38. The van der Waals surface area contributed by atoms with Crippen molar-refractivity contribution in [3.05, 3.63) is 12.2 Å². The van der Waals surface area contributed by atoms with Crippen molar-refractivity contribution in [3.63, 3.8) is 0 Å². The monoisotopic (exact) mass is 638 g/mol. The fourth-order valence-corrected chi connectivity index (χ4v) is 5.38. The van der Waals surface area contributed by atoms with Gasteiger partial charge in [0.1, 0.15) is 12.7 Å². The van der Waals surface area contributed by atoms with E-state index < -0.39 is 23.3 Å². The van der Waals surface area contributed by atoms with Gasteiger partial charge in [-0.3, -0.25) is 9.59 Å². The molecule has 0 bridgehead atoms. The van der Waals surface area contributed by atoms with Gasteiger partial charge in [-0.1, -0.05) is 97.6 Å². The second-order valence-corrected chi connectivity index (χ2v) is 13.9. The van der Waals surface area contributed by atoms with E-state index in [0.29, 0.717) is 13.0 Å². The van der Waals surface area contributed by atoms with Gasteiger partial charge in [0.05, 0.1) is 19.1 Å². The van der Waals surface area contributed by atoms with Crippen LogP contribution in [-0.4, -0.2) is 61.6 Å². The Morgan fingerprint density at radius 1 is 0.844 bits per heavy atom. The molecule has 1 fully saturated rings. The lowest BCUT2D eigenvalue weighted by Crippen LogP contribution is -2.56. The van der Waals surface area contributed by atoms with Crippen LogP contribution in [0.25, 0.3) is 0 Å². The van der Waals surface area contributed by atoms with Crippen LogP contribution in [0, 0.1) is 5.41 Å². The highest BCUT2D eigenvalue weighted by Crippen LogP contribution is 2.34. The van der Waals surface area contributed by atoms with Gasteiger partial charge in [-0.2, -0.15) is 0 Å². The van der Waals surface area contributed by atoms with Crippen LogP contribution in [0.1, 0.15) is 151 Å². The minimum atomic E-state index is -0.841. The molecular formula is C36H67N3O6. The lowest BCUT2D eigenvalue weighted by atomic mass is 9.85. The molecule has 0 aromatic rings. The van der Waals surface area contributed by atoms with E-state index in [1.54, 1.807) is 13.8 Å². The number of amides is 3. The maximum atomic E-state index is 12.7. The zero-order valence-electron chi connectivity index (χ0n) is 29.8. The van der Waals surface area contributed by atoms with E-state index in [2.05, 4.69) is 35.0 Å². The molecule has 9 heteroatoms. The molecule has 0 aliphatic carbocycles. The Morgan fingerprint density at radius 2 is 1.47 bits per heavy atom. The van der Waals surface area contributed by atoms with Crippen molar-refractivity contribution in [1.29, 1.82) is 0 Å². The van der Waals surface area contributed by atoms with Crippen molar-refractivity contribution >= 4 is 17.9 Å². The van der Waals surface area contributed by atoms with Gasteiger partial charge in [-0.15, -0.1) is 0 Å². The quantitative estimate of drug-likeness (QED) is 0.0567. The lowest BCUT2D eigenvalue weighted by molar-refractivity contribution is -0.304. The molecule has 9 nitrogen and oxygen atoms in total. The second kappa shape index (κ2) is 23.2. The van der Waals surface area contributed by atoms with Gasteiger partial charge in [0, 0.05) is 18.0 Å². The Balaban J connectivity index is 2.18. The largest absolute Gasteiger partial charge is 0.463 e. The Hall–Kier alpha value is -2.13. The van der Waals surface area contributed by atoms with Crippen LogP contribution in [0.15, 0.2) is 12.2 Å². The molecule has 262 valence electrons. The highest BCUT2D eigenvalue weighted by atomic mass is 16.7. The summed E-state index contributed by atoms with van der Waals surface area (Å²) in [5.41, 5.74) is -0.485. The second-order valence-electron chi connectivity index (χ2n) is 13.9. The summed E-state index contributed by atoms with van der Waals surface area (Å²) in [6.07, 6.45) is 21.7. The summed E-state index contributed by atoms with van der Waals surface area (Å²) in [6, 6.07) is -0.429. The average Bonchev–Trinajstić information content (AvgIpc) is 2.97. The molecule has 0 aromatic heterocycles. The lowest BCUT2D eigenvalue weighted by Gasteiger charge is -2.44. The molecule has 1 saturated heterocycles. The minimum absolute atomic E-state index is 0.0380. The van der Waals surface area contributed by atoms with Gasteiger partial charge in [-0.25, -0.2) is 4.79 Å². The number of urea groups is 1. The summed E-state index contributed by atoms with van der Waals surface area (Å²) in [4.78, 5) is 37.7. The maximum absolute atomic E-state index is 12.7. The zero-order valence-corrected chi connectivity index (χ0v) is 29.8. The topological polar surface area (TPSA) is 115 Å². The Labute approximate surface area is 274 Å². The third-order valence-electron chi connectivity index (χ3n) is 8.21. The number of allylic oxidation sites excluding steroid dienone is 2. The van der Waals surface area contributed by atoms with Gasteiger partial charge in [0.25, 0.3) is 0 Å². The van der Waals surface area contributed by atoms with E-state index in [4.69, 9.17) is 14.2 Å². The molecule has 3 atom stereocenters. The highest BCUT2D eigenvalue weighted by molar-refractivity contribution is 5.82. The van der Waals surface area contributed by atoms with E-state index in [1.807, 2.05) is 27.7 Å². The number of unbranched alkanes of at least 4 members (excludes halogenated alkanes) is 10. The molecule has 45 heavy (non-hydrogen) atoms. The van der Waals surface area contributed by atoms with Gasteiger partial charge in [0.2, 0.25) is 5.91 Å². The standard InChI is InChI=1S/C36H67N3O6/c1-8-10-11-12-13-14-15-16-17-18-19-20-21-22-24-29(3)38-34(42)39-30(23-9-2)27-43-31(40)25-26-37-33(41)32-35(4,5)28-44-36(6,7)45-32/h16-17,29-30,32H,8-15,18-28H2,1-7H3,(H,37,41)(H2,38,39,42). The number of esters is 1.